The van der Waals surface area contributed by atoms with Gasteiger partial charge in [0.1, 0.15) is 5.82 Å². The number of halogens is 2. The fourth-order valence-corrected chi connectivity index (χ4v) is 3.20. The summed E-state index contributed by atoms with van der Waals surface area (Å²) in [5, 5.41) is 0.145. The number of benzene rings is 1. The molecule has 0 aliphatic heterocycles. The molecule has 0 radical (unpaired) electrons. The first kappa shape index (κ1) is 11.9. The van der Waals surface area contributed by atoms with E-state index in [0.29, 0.717) is 11.4 Å². The van der Waals surface area contributed by atoms with Crippen molar-refractivity contribution in [3.8, 4) is 0 Å². The largest absolute Gasteiger partial charge is 0.357 e. The van der Waals surface area contributed by atoms with E-state index in [-0.39, 0.29) is 10.8 Å². The van der Waals surface area contributed by atoms with Gasteiger partial charge in [0.25, 0.3) is 0 Å². The molecule has 1 N–H and O–H groups in total. The van der Waals surface area contributed by atoms with Crippen molar-refractivity contribution in [2.75, 3.05) is 0 Å². The van der Waals surface area contributed by atoms with Crippen LogP contribution >= 0.6 is 15.9 Å². The summed E-state index contributed by atoms with van der Waals surface area (Å²) in [7, 11) is 0. The Kier molecular flexibility index (Phi) is 2.98. The number of hydrogen-bond donors (Lipinski definition) is 1. The highest BCUT2D eigenvalue weighted by Gasteiger charge is 2.20. The molecule has 0 bridgehead atoms. The van der Waals surface area contributed by atoms with Gasteiger partial charge in [-0.3, -0.25) is 4.79 Å². The number of fused-ring (bicyclic) bond motifs is 1. The average Bonchev–Trinajstić information content (AvgIpc) is 2.87. The van der Waals surface area contributed by atoms with Gasteiger partial charge < -0.3 is 4.98 Å². The number of hydrogen-bond acceptors (Lipinski definition) is 1. The Labute approximate surface area is 112 Å². The first-order valence-corrected chi connectivity index (χ1v) is 6.97. The minimum Gasteiger partial charge on any atom is -0.357 e. The van der Waals surface area contributed by atoms with Crippen molar-refractivity contribution in [2.24, 2.45) is 0 Å². The zero-order valence-electron chi connectivity index (χ0n) is 9.80. The van der Waals surface area contributed by atoms with Crippen LogP contribution in [-0.2, 0) is 0 Å². The normalized spacial score (nSPS) is 16.6. The lowest BCUT2D eigenvalue weighted by atomic mass is 10.0. The van der Waals surface area contributed by atoms with Crippen LogP contribution in [0.25, 0.3) is 10.9 Å². The highest BCUT2D eigenvalue weighted by atomic mass is 79.9. The molecule has 2 nitrogen and oxygen atoms in total. The third-order valence-corrected chi connectivity index (χ3v) is 4.36. The minimum absolute atomic E-state index is 0.145. The summed E-state index contributed by atoms with van der Waals surface area (Å²) in [5.74, 6) is -0.0512. The summed E-state index contributed by atoms with van der Waals surface area (Å²) < 4.78 is 14.4. The van der Waals surface area contributed by atoms with E-state index in [1.54, 1.807) is 12.1 Å². The van der Waals surface area contributed by atoms with E-state index in [9.17, 15) is 9.18 Å². The molecule has 1 aliphatic rings. The Hall–Kier alpha value is -1.16. The van der Waals surface area contributed by atoms with E-state index in [1.807, 2.05) is 0 Å². The van der Waals surface area contributed by atoms with E-state index < -0.39 is 5.82 Å². The van der Waals surface area contributed by atoms with Gasteiger partial charge in [-0.1, -0.05) is 12.8 Å². The second-order valence-electron chi connectivity index (χ2n) is 4.85. The zero-order valence-corrected chi connectivity index (χ0v) is 11.4. The molecule has 4 heteroatoms. The quantitative estimate of drug-likeness (QED) is 0.845. The van der Waals surface area contributed by atoms with Crippen molar-refractivity contribution < 1.29 is 4.39 Å². The maximum atomic E-state index is 13.7. The summed E-state index contributed by atoms with van der Waals surface area (Å²) in [6, 6.07) is 4.51. The average molecular weight is 310 g/mol. The number of pyridine rings is 1. The third kappa shape index (κ3) is 1.88. The van der Waals surface area contributed by atoms with Crippen LogP contribution in [0, 0.1) is 5.82 Å². The number of rotatable bonds is 1. The molecular weight excluding hydrogens is 297 g/mol. The van der Waals surface area contributed by atoms with Gasteiger partial charge in [0, 0.05) is 16.2 Å². The second kappa shape index (κ2) is 4.50. The summed E-state index contributed by atoms with van der Waals surface area (Å²) in [5.41, 5.74) is 1.28. The molecular formula is C14H13BrFNO. The fourth-order valence-electron chi connectivity index (χ4n) is 2.77. The highest BCUT2D eigenvalue weighted by Crippen LogP contribution is 2.33. The van der Waals surface area contributed by atoms with Crippen LogP contribution in [0.1, 0.15) is 37.3 Å². The van der Waals surface area contributed by atoms with Crippen molar-refractivity contribution in [1.82, 2.24) is 4.98 Å². The molecule has 1 heterocycles. The second-order valence-corrected chi connectivity index (χ2v) is 5.70. The molecule has 1 saturated carbocycles. The molecule has 1 aromatic carbocycles. The number of H-pyrrole nitrogens is 1. The van der Waals surface area contributed by atoms with E-state index in [2.05, 4.69) is 20.9 Å². The zero-order chi connectivity index (χ0) is 12.7. The predicted molar refractivity (Wildman–Crippen MR) is 73.4 cm³/mol. The smallest absolute Gasteiger partial charge is 0.192 e. The van der Waals surface area contributed by atoms with Gasteiger partial charge in [0.15, 0.2) is 5.43 Å². The molecule has 94 valence electrons. The fraction of sp³-hybridized carbons (Fsp3) is 0.357. The molecule has 18 heavy (non-hydrogen) atoms. The molecule has 2 aromatic rings. The molecule has 0 unspecified atom stereocenters. The first-order chi connectivity index (χ1) is 8.66. The van der Waals surface area contributed by atoms with Crippen molar-refractivity contribution in [1.29, 1.82) is 0 Å². The summed E-state index contributed by atoms with van der Waals surface area (Å²) in [6.45, 7) is 0. The van der Waals surface area contributed by atoms with E-state index in [1.165, 1.54) is 18.9 Å². The topological polar surface area (TPSA) is 32.9 Å². The monoisotopic (exact) mass is 309 g/mol. The standard InChI is InChI=1S/C14H13BrFNO/c15-9-5-6-10(16)13-12(18)7-11(17-14(9)13)8-3-1-2-4-8/h5-8H,1-4H2,(H,17,18). The van der Waals surface area contributed by atoms with Gasteiger partial charge in [-0.2, -0.15) is 0 Å². The van der Waals surface area contributed by atoms with Crippen LogP contribution in [-0.4, -0.2) is 4.98 Å². The Morgan fingerprint density at radius 3 is 2.72 bits per heavy atom. The van der Waals surface area contributed by atoms with Crippen LogP contribution in [0.5, 0.6) is 0 Å². The van der Waals surface area contributed by atoms with Gasteiger partial charge in [-0.15, -0.1) is 0 Å². The molecule has 1 aliphatic carbocycles. The lowest BCUT2D eigenvalue weighted by Crippen LogP contribution is -2.09. The van der Waals surface area contributed by atoms with Crippen molar-refractivity contribution in [3.63, 3.8) is 0 Å². The molecule has 0 amide bonds. The van der Waals surface area contributed by atoms with Crippen molar-refractivity contribution >= 4 is 26.8 Å². The van der Waals surface area contributed by atoms with Gasteiger partial charge in [-0.05, 0) is 46.8 Å². The maximum absolute atomic E-state index is 13.7. The molecule has 3 rings (SSSR count). The van der Waals surface area contributed by atoms with Crippen LogP contribution in [0.2, 0.25) is 0 Å². The van der Waals surface area contributed by atoms with E-state index >= 15 is 0 Å². The van der Waals surface area contributed by atoms with E-state index in [0.717, 1.165) is 23.0 Å². The Morgan fingerprint density at radius 1 is 1.28 bits per heavy atom. The van der Waals surface area contributed by atoms with E-state index in [4.69, 9.17) is 0 Å². The summed E-state index contributed by atoms with van der Waals surface area (Å²) in [4.78, 5) is 15.3. The summed E-state index contributed by atoms with van der Waals surface area (Å²) in [6.07, 6.45) is 4.62. The van der Waals surface area contributed by atoms with Crippen LogP contribution < -0.4 is 5.43 Å². The lowest BCUT2D eigenvalue weighted by molar-refractivity contribution is 0.638. The van der Waals surface area contributed by atoms with Gasteiger partial charge in [0.2, 0.25) is 0 Å². The van der Waals surface area contributed by atoms with Gasteiger partial charge >= 0.3 is 0 Å². The minimum atomic E-state index is -0.465. The van der Waals surface area contributed by atoms with Crippen LogP contribution in [0.4, 0.5) is 4.39 Å². The molecule has 0 saturated heterocycles. The maximum Gasteiger partial charge on any atom is 0.192 e. The molecule has 1 aromatic heterocycles. The number of nitrogens with one attached hydrogen (secondary N) is 1. The molecule has 1 fully saturated rings. The number of aromatic nitrogens is 1. The lowest BCUT2D eigenvalue weighted by Gasteiger charge is -2.11. The predicted octanol–water partition coefficient (Wildman–Crippen LogP) is 4.09. The third-order valence-electron chi connectivity index (χ3n) is 3.70. The van der Waals surface area contributed by atoms with Crippen molar-refractivity contribution in [3.05, 3.63) is 44.4 Å². The van der Waals surface area contributed by atoms with Gasteiger partial charge in [0.05, 0.1) is 10.9 Å². The Bertz CT molecular complexity index is 659. The van der Waals surface area contributed by atoms with Crippen molar-refractivity contribution in [2.45, 2.75) is 31.6 Å². The van der Waals surface area contributed by atoms with Gasteiger partial charge in [-0.25, -0.2) is 4.39 Å². The SMILES string of the molecule is O=c1cc(C2CCCC2)[nH]c2c(Br)ccc(F)c12. The molecule has 0 spiro atoms. The highest BCUT2D eigenvalue weighted by molar-refractivity contribution is 9.10. The summed E-state index contributed by atoms with van der Waals surface area (Å²) >= 11 is 3.37. The number of aromatic amines is 1. The van der Waals surface area contributed by atoms with Crippen LogP contribution in [0.3, 0.4) is 0 Å². The molecule has 0 atom stereocenters. The Morgan fingerprint density at radius 2 is 2.00 bits per heavy atom. The Balaban J connectivity index is 2.26. The first-order valence-electron chi connectivity index (χ1n) is 6.18. The van der Waals surface area contributed by atoms with Crippen LogP contribution in [0.15, 0.2) is 27.5 Å².